The number of nitrogens with zero attached hydrogens (tertiary/aromatic N) is 1. The summed E-state index contributed by atoms with van der Waals surface area (Å²) in [5.74, 6) is 2.59. The Morgan fingerprint density at radius 1 is 1.25 bits per heavy atom. The van der Waals surface area contributed by atoms with Gasteiger partial charge in [-0.25, -0.2) is 0 Å². The first-order valence-corrected chi connectivity index (χ1v) is 7.06. The van der Waals surface area contributed by atoms with E-state index in [9.17, 15) is 0 Å². The standard InChI is InChI=1S/C15H23N3O2/c1-19-13-6-5-12(14(11-13)20-2)7-10-18-15-16-8-3-4-9-17-15/h5-6,11H,3-4,7-10H2,1-2H3,(H2,16,17,18). The van der Waals surface area contributed by atoms with Gasteiger partial charge in [0.15, 0.2) is 5.96 Å². The van der Waals surface area contributed by atoms with E-state index in [1.807, 2.05) is 18.2 Å². The molecule has 0 amide bonds. The van der Waals surface area contributed by atoms with Crippen LogP contribution in [0.2, 0.25) is 0 Å². The van der Waals surface area contributed by atoms with Gasteiger partial charge in [0.2, 0.25) is 0 Å². The number of guanidine groups is 1. The Morgan fingerprint density at radius 2 is 2.15 bits per heavy atom. The Balaban J connectivity index is 1.88. The molecule has 1 aliphatic heterocycles. The summed E-state index contributed by atoms with van der Waals surface area (Å²) in [6, 6.07) is 5.91. The van der Waals surface area contributed by atoms with E-state index in [0.29, 0.717) is 0 Å². The van der Waals surface area contributed by atoms with Gasteiger partial charge >= 0.3 is 0 Å². The number of benzene rings is 1. The number of ether oxygens (including phenoxy) is 2. The highest BCUT2D eigenvalue weighted by molar-refractivity contribution is 5.79. The summed E-state index contributed by atoms with van der Waals surface area (Å²) in [6.45, 7) is 2.73. The maximum atomic E-state index is 5.40. The van der Waals surface area contributed by atoms with Gasteiger partial charge in [-0.3, -0.25) is 4.99 Å². The molecule has 0 saturated heterocycles. The van der Waals surface area contributed by atoms with Crippen molar-refractivity contribution in [2.75, 3.05) is 33.9 Å². The first-order chi connectivity index (χ1) is 9.83. The van der Waals surface area contributed by atoms with Crippen molar-refractivity contribution < 1.29 is 9.47 Å². The van der Waals surface area contributed by atoms with E-state index < -0.39 is 0 Å². The Labute approximate surface area is 120 Å². The second-order valence-electron chi connectivity index (χ2n) is 4.72. The van der Waals surface area contributed by atoms with Crippen LogP contribution in [0.5, 0.6) is 11.5 Å². The molecule has 1 aliphatic rings. The van der Waals surface area contributed by atoms with Crippen LogP contribution in [0.25, 0.3) is 0 Å². The van der Waals surface area contributed by atoms with Gasteiger partial charge in [0.05, 0.1) is 14.2 Å². The van der Waals surface area contributed by atoms with Crippen LogP contribution in [-0.4, -0.2) is 39.8 Å². The van der Waals surface area contributed by atoms with Crippen molar-refractivity contribution in [3.8, 4) is 11.5 Å². The molecule has 2 rings (SSSR count). The molecule has 1 heterocycles. The van der Waals surface area contributed by atoms with Gasteiger partial charge in [-0.2, -0.15) is 0 Å². The molecule has 0 spiro atoms. The van der Waals surface area contributed by atoms with Gasteiger partial charge in [0.1, 0.15) is 11.5 Å². The molecule has 5 heteroatoms. The molecule has 0 unspecified atom stereocenters. The molecule has 0 bridgehead atoms. The van der Waals surface area contributed by atoms with Gasteiger partial charge in [0, 0.05) is 25.7 Å². The average Bonchev–Trinajstić information content (AvgIpc) is 2.76. The summed E-state index contributed by atoms with van der Waals surface area (Å²) in [5.41, 5.74) is 1.16. The number of methoxy groups -OCH3 is 2. The van der Waals surface area contributed by atoms with Crippen LogP contribution in [-0.2, 0) is 6.42 Å². The summed E-state index contributed by atoms with van der Waals surface area (Å²) in [7, 11) is 3.34. The Bertz CT molecular complexity index is 460. The molecule has 20 heavy (non-hydrogen) atoms. The molecule has 1 aromatic carbocycles. The zero-order valence-electron chi connectivity index (χ0n) is 12.2. The molecule has 0 fully saturated rings. The van der Waals surface area contributed by atoms with Crippen LogP contribution in [0.4, 0.5) is 0 Å². The van der Waals surface area contributed by atoms with Gasteiger partial charge in [-0.05, 0) is 30.9 Å². The lowest BCUT2D eigenvalue weighted by Gasteiger charge is -2.12. The zero-order chi connectivity index (χ0) is 14.2. The molecule has 0 saturated carbocycles. The van der Waals surface area contributed by atoms with Crippen LogP contribution >= 0.6 is 0 Å². The second-order valence-corrected chi connectivity index (χ2v) is 4.72. The van der Waals surface area contributed by atoms with E-state index in [1.165, 1.54) is 6.42 Å². The van der Waals surface area contributed by atoms with Crippen LogP contribution < -0.4 is 20.1 Å². The number of nitrogens with one attached hydrogen (secondary N) is 2. The van der Waals surface area contributed by atoms with E-state index in [1.54, 1.807) is 14.2 Å². The van der Waals surface area contributed by atoms with E-state index in [0.717, 1.165) is 55.5 Å². The van der Waals surface area contributed by atoms with Crippen molar-refractivity contribution in [2.24, 2.45) is 4.99 Å². The Hall–Kier alpha value is -1.91. The first-order valence-electron chi connectivity index (χ1n) is 7.06. The van der Waals surface area contributed by atoms with Gasteiger partial charge in [-0.1, -0.05) is 6.07 Å². The predicted octanol–water partition coefficient (Wildman–Crippen LogP) is 1.58. The number of hydrogen-bond acceptors (Lipinski definition) is 5. The molecule has 0 aliphatic carbocycles. The first kappa shape index (κ1) is 14.5. The van der Waals surface area contributed by atoms with E-state index in [2.05, 4.69) is 15.6 Å². The van der Waals surface area contributed by atoms with Crippen molar-refractivity contribution in [3.63, 3.8) is 0 Å². The summed E-state index contributed by atoms with van der Waals surface area (Å²) in [5, 5.41) is 6.64. The molecule has 5 nitrogen and oxygen atoms in total. The largest absolute Gasteiger partial charge is 0.497 e. The van der Waals surface area contributed by atoms with Gasteiger partial charge in [-0.15, -0.1) is 0 Å². The number of rotatable bonds is 5. The monoisotopic (exact) mass is 277 g/mol. The summed E-state index contributed by atoms with van der Waals surface area (Å²) in [6.07, 6.45) is 3.22. The molecular formula is C15H23N3O2. The topological polar surface area (TPSA) is 54.9 Å². The highest BCUT2D eigenvalue weighted by Crippen LogP contribution is 2.24. The highest BCUT2D eigenvalue weighted by Gasteiger charge is 2.06. The summed E-state index contributed by atoms with van der Waals surface area (Å²) in [4.78, 5) is 4.47. The second kappa shape index (κ2) is 7.62. The van der Waals surface area contributed by atoms with Crippen molar-refractivity contribution >= 4 is 5.96 Å². The summed E-state index contributed by atoms with van der Waals surface area (Å²) >= 11 is 0. The number of hydrogen-bond donors (Lipinski definition) is 2. The zero-order valence-corrected chi connectivity index (χ0v) is 12.2. The fourth-order valence-corrected chi connectivity index (χ4v) is 2.18. The molecule has 0 aromatic heterocycles. The quantitative estimate of drug-likeness (QED) is 0.858. The van der Waals surface area contributed by atoms with Crippen LogP contribution in [0.1, 0.15) is 18.4 Å². The Morgan fingerprint density at radius 3 is 2.95 bits per heavy atom. The smallest absolute Gasteiger partial charge is 0.191 e. The van der Waals surface area contributed by atoms with Crippen molar-refractivity contribution in [3.05, 3.63) is 23.8 Å². The van der Waals surface area contributed by atoms with Crippen LogP contribution in [0.3, 0.4) is 0 Å². The van der Waals surface area contributed by atoms with Gasteiger partial charge in [0.25, 0.3) is 0 Å². The third kappa shape index (κ3) is 4.05. The van der Waals surface area contributed by atoms with Crippen LogP contribution in [0.15, 0.2) is 23.2 Å². The fourth-order valence-electron chi connectivity index (χ4n) is 2.18. The minimum absolute atomic E-state index is 0.813. The maximum Gasteiger partial charge on any atom is 0.191 e. The molecule has 1 aromatic rings. The maximum absolute atomic E-state index is 5.40. The minimum Gasteiger partial charge on any atom is -0.497 e. The normalized spacial score (nSPS) is 14.8. The van der Waals surface area contributed by atoms with Crippen molar-refractivity contribution in [1.82, 2.24) is 10.6 Å². The fraction of sp³-hybridized carbons (Fsp3) is 0.533. The number of aliphatic imine (C=N–C) groups is 1. The third-order valence-corrected chi connectivity index (χ3v) is 3.33. The van der Waals surface area contributed by atoms with Crippen LogP contribution in [0, 0.1) is 0 Å². The van der Waals surface area contributed by atoms with E-state index in [-0.39, 0.29) is 0 Å². The lowest BCUT2D eigenvalue weighted by Crippen LogP contribution is -2.38. The van der Waals surface area contributed by atoms with Crippen molar-refractivity contribution in [1.29, 1.82) is 0 Å². The summed E-state index contributed by atoms with van der Waals surface area (Å²) < 4.78 is 10.6. The molecule has 110 valence electrons. The lowest BCUT2D eigenvalue weighted by molar-refractivity contribution is 0.391. The molecule has 0 atom stereocenters. The van der Waals surface area contributed by atoms with E-state index in [4.69, 9.17) is 9.47 Å². The lowest BCUT2D eigenvalue weighted by atomic mass is 10.1. The molecule has 2 N–H and O–H groups in total. The predicted molar refractivity (Wildman–Crippen MR) is 80.8 cm³/mol. The minimum atomic E-state index is 0.813. The van der Waals surface area contributed by atoms with E-state index >= 15 is 0 Å². The molecule has 0 radical (unpaired) electrons. The molecular weight excluding hydrogens is 254 g/mol. The average molecular weight is 277 g/mol. The highest BCUT2D eigenvalue weighted by atomic mass is 16.5. The van der Waals surface area contributed by atoms with Crippen molar-refractivity contribution in [2.45, 2.75) is 19.3 Å². The Kier molecular flexibility index (Phi) is 5.53. The third-order valence-electron chi connectivity index (χ3n) is 3.33. The SMILES string of the molecule is COc1ccc(CCNC2=NCCCCN2)c(OC)c1. The van der Waals surface area contributed by atoms with Gasteiger partial charge < -0.3 is 20.1 Å².